The number of benzene rings is 1. The zero-order valence-electron chi connectivity index (χ0n) is 16.2. The summed E-state index contributed by atoms with van der Waals surface area (Å²) in [5.74, 6) is 0.409. The second-order valence-corrected chi connectivity index (χ2v) is 7.74. The summed E-state index contributed by atoms with van der Waals surface area (Å²) in [7, 11) is 1.72. The van der Waals surface area contributed by atoms with E-state index < -0.39 is 0 Å². The highest BCUT2D eigenvalue weighted by Gasteiger charge is 2.19. The van der Waals surface area contributed by atoms with E-state index in [0.717, 1.165) is 16.0 Å². The Kier molecular flexibility index (Phi) is 4.25. The van der Waals surface area contributed by atoms with Gasteiger partial charge in [-0.25, -0.2) is 9.97 Å². The molecule has 1 N–H and O–H groups in total. The number of amides is 1. The van der Waals surface area contributed by atoms with Gasteiger partial charge in [0.05, 0.1) is 22.2 Å². The molecule has 5 rings (SSSR count). The number of hydrogen-bond acceptors (Lipinski definition) is 6. The lowest BCUT2D eigenvalue weighted by Gasteiger charge is -2.04. The first kappa shape index (κ1) is 18.3. The Morgan fingerprint density at radius 1 is 1.20 bits per heavy atom. The van der Waals surface area contributed by atoms with Crippen molar-refractivity contribution in [1.29, 1.82) is 0 Å². The molecule has 0 unspecified atom stereocenters. The third-order valence-electron chi connectivity index (χ3n) is 4.83. The Morgan fingerprint density at radius 2 is 2.07 bits per heavy atom. The van der Waals surface area contributed by atoms with Crippen LogP contribution in [0.15, 0.2) is 53.5 Å². The van der Waals surface area contributed by atoms with Crippen molar-refractivity contribution in [2.75, 3.05) is 11.9 Å². The maximum Gasteiger partial charge on any atom is 0.274 e. The summed E-state index contributed by atoms with van der Waals surface area (Å²) < 4.78 is 9.52. The monoisotopic (exact) mass is 419 g/mol. The molecule has 9 heteroatoms. The zero-order chi connectivity index (χ0) is 20.8. The number of aryl methyl sites for hydroxylation is 1. The average Bonchev–Trinajstić information content (AvgIpc) is 3.29. The molecule has 8 nitrogen and oxygen atoms in total. The van der Waals surface area contributed by atoms with Gasteiger partial charge in [-0.15, -0.1) is 0 Å². The second kappa shape index (κ2) is 6.96. The van der Waals surface area contributed by atoms with Crippen molar-refractivity contribution in [3.63, 3.8) is 0 Å². The van der Waals surface area contributed by atoms with E-state index in [4.69, 9.17) is 4.74 Å². The van der Waals surface area contributed by atoms with Crippen LogP contribution in [0, 0.1) is 0 Å². The van der Waals surface area contributed by atoms with E-state index in [9.17, 15) is 9.59 Å². The van der Waals surface area contributed by atoms with Crippen molar-refractivity contribution in [2.24, 2.45) is 7.05 Å². The summed E-state index contributed by atoms with van der Waals surface area (Å²) in [6.07, 6.45) is 1.66. The standard InChI is InChI=1S/C21H17N5O3S/c1-3-29-12-7-8-14-16(10-12)30-21(22-14)24-19(27)15-11-13-18(25(15)2)23-17-6-4-5-9-26(17)20(13)28/h4-11H,3H2,1-2H3,(H,22,24,27). The number of fused-ring (bicyclic) bond motifs is 3. The minimum Gasteiger partial charge on any atom is -0.494 e. The zero-order valence-corrected chi connectivity index (χ0v) is 17.1. The molecule has 0 bridgehead atoms. The van der Waals surface area contributed by atoms with Crippen molar-refractivity contribution in [3.05, 3.63) is 64.7 Å². The number of carbonyl (C=O) groups is 1. The highest BCUT2D eigenvalue weighted by Crippen LogP contribution is 2.29. The summed E-state index contributed by atoms with van der Waals surface area (Å²) >= 11 is 1.36. The fraction of sp³-hybridized carbons (Fsp3) is 0.143. The van der Waals surface area contributed by atoms with Crippen molar-refractivity contribution in [1.82, 2.24) is 18.9 Å². The van der Waals surface area contributed by atoms with E-state index in [1.165, 1.54) is 15.7 Å². The highest BCUT2D eigenvalue weighted by molar-refractivity contribution is 7.22. The summed E-state index contributed by atoms with van der Waals surface area (Å²) in [5.41, 5.74) is 1.89. The Morgan fingerprint density at radius 3 is 2.90 bits per heavy atom. The molecule has 4 aromatic heterocycles. The number of ether oxygens (including phenoxy) is 1. The van der Waals surface area contributed by atoms with E-state index in [1.54, 1.807) is 36.0 Å². The van der Waals surface area contributed by atoms with Crippen molar-refractivity contribution >= 4 is 49.3 Å². The van der Waals surface area contributed by atoms with E-state index in [-0.39, 0.29) is 11.5 Å². The van der Waals surface area contributed by atoms with Crippen LogP contribution in [0.3, 0.4) is 0 Å². The van der Waals surface area contributed by atoms with Gasteiger partial charge in [0, 0.05) is 13.2 Å². The van der Waals surface area contributed by atoms with E-state index >= 15 is 0 Å². The van der Waals surface area contributed by atoms with Crippen molar-refractivity contribution in [2.45, 2.75) is 6.92 Å². The number of carbonyl (C=O) groups excluding carboxylic acids is 1. The van der Waals surface area contributed by atoms with Crippen LogP contribution in [0.25, 0.3) is 26.9 Å². The molecule has 0 radical (unpaired) electrons. The largest absolute Gasteiger partial charge is 0.494 e. The molecule has 0 spiro atoms. The van der Waals surface area contributed by atoms with E-state index in [0.29, 0.717) is 34.1 Å². The van der Waals surface area contributed by atoms with Gasteiger partial charge in [0.2, 0.25) is 0 Å². The number of hydrogen-bond donors (Lipinski definition) is 1. The van der Waals surface area contributed by atoms with Crippen LogP contribution in [-0.4, -0.2) is 31.4 Å². The molecule has 0 aliphatic heterocycles. The molecule has 0 fully saturated rings. The number of anilines is 1. The molecule has 5 aromatic rings. The molecule has 0 saturated heterocycles. The minimum atomic E-state index is -0.354. The van der Waals surface area contributed by atoms with Crippen LogP contribution in [0.5, 0.6) is 5.75 Å². The number of nitrogens with zero attached hydrogens (tertiary/aromatic N) is 4. The van der Waals surface area contributed by atoms with Gasteiger partial charge < -0.3 is 9.30 Å². The maximum absolute atomic E-state index is 12.9. The molecule has 1 amide bonds. The van der Waals surface area contributed by atoms with Gasteiger partial charge in [-0.1, -0.05) is 17.4 Å². The number of aromatic nitrogens is 4. The Labute approximate surface area is 174 Å². The van der Waals surface area contributed by atoms with Gasteiger partial charge in [-0.2, -0.15) is 0 Å². The van der Waals surface area contributed by atoms with Crippen molar-refractivity contribution in [3.8, 4) is 5.75 Å². The predicted molar refractivity (Wildman–Crippen MR) is 117 cm³/mol. The Hall–Kier alpha value is -3.72. The quantitative estimate of drug-likeness (QED) is 0.482. The fourth-order valence-electron chi connectivity index (χ4n) is 3.41. The maximum atomic E-state index is 12.9. The first-order valence-corrected chi connectivity index (χ1v) is 10.2. The van der Waals surface area contributed by atoms with Crippen LogP contribution < -0.4 is 15.6 Å². The molecule has 30 heavy (non-hydrogen) atoms. The molecule has 1 aromatic carbocycles. The molecular weight excluding hydrogens is 402 g/mol. The van der Waals surface area contributed by atoms with E-state index in [1.807, 2.05) is 31.2 Å². The topological polar surface area (TPSA) is 90.5 Å². The number of thiazole rings is 1. The number of pyridine rings is 1. The molecular formula is C21H17N5O3S. The summed E-state index contributed by atoms with van der Waals surface area (Å²) in [4.78, 5) is 34.7. The SMILES string of the molecule is CCOc1ccc2nc(NC(=O)c3cc4c(=O)n5ccccc5nc4n3C)sc2c1. The Balaban J connectivity index is 1.52. The third-order valence-corrected chi connectivity index (χ3v) is 5.77. The van der Waals surface area contributed by atoms with Crippen molar-refractivity contribution < 1.29 is 9.53 Å². The Bertz CT molecular complexity index is 1500. The van der Waals surface area contributed by atoms with Crippen LogP contribution in [-0.2, 0) is 7.05 Å². The number of nitrogens with one attached hydrogen (secondary N) is 1. The van der Waals surface area contributed by atoms with Gasteiger partial charge in [-0.3, -0.25) is 19.3 Å². The van der Waals surface area contributed by atoms with E-state index in [2.05, 4.69) is 15.3 Å². The first-order chi connectivity index (χ1) is 14.5. The molecule has 0 saturated carbocycles. The fourth-order valence-corrected chi connectivity index (χ4v) is 4.30. The van der Waals surface area contributed by atoms with Crippen LogP contribution in [0.2, 0.25) is 0 Å². The van der Waals surface area contributed by atoms with Gasteiger partial charge in [0.15, 0.2) is 5.13 Å². The summed E-state index contributed by atoms with van der Waals surface area (Å²) in [5, 5.41) is 3.69. The lowest BCUT2D eigenvalue weighted by atomic mass is 10.3. The second-order valence-electron chi connectivity index (χ2n) is 6.71. The lowest BCUT2D eigenvalue weighted by Crippen LogP contribution is -2.15. The van der Waals surface area contributed by atoms with Crippen LogP contribution in [0.1, 0.15) is 17.4 Å². The molecule has 0 aliphatic rings. The molecule has 0 aliphatic carbocycles. The smallest absolute Gasteiger partial charge is 0.274 e. The first-order valence-electron chi connectivity index (χ1n) is 9.36. The normalized spacial score (nSPS) is 11.4. The highest BCUT2D eigenvalue weighted by atomic mass is 32.1. The van der Waals surface area contributed by atoms with Gasteiger partial charge in [-0.05, 0) is 43.3 Å². The van der Waals surface area contributed by atoms with Gasteiger partial charge >= 0.3 is 0 Å². The third kappa shape index (κ3) is 2.91. The summed E-state index contributed by atoms with van der Waals surface area (Å²) in [6.45, 7) is 2.51. The van der Waals surface area contributed by atoms with Crippen LogP contribution >= 0.6 is 11.3 Å². The van der Waals surface area contributed by atoms with Gasteiger partial charge in [0.25, 0.3) is 11.5 Å². The average molecular weight is 419 g/mol. The predicted octanol–water partition coefficient (Wildman–Crippen LogP) is 3.45. The molecule has 150 valence electrons. The van der Waals surface area contributed by atoms with Crippen LogP contribution in [0.4, 0.5) is 5.13 Å². The summed E-state index contributed by atoms with van der Waals surface area (Å²) in [6, 6.07) is 12.5. The lowest BCUT2D eigenvalue weighted by molar-refractivity contribution is 0.101. The molecule has 4 heterocycles. The van der Waals surface area contributed by atoms with Gasteiger partial charge in [0.1, 0.15) is 22.7 Å². The minimum absolute atomic E-state index is 0.214. The molecule has 0 atom stereocenters. The number of rotatable bonds is 4.